The minimum atomic E-state index is 0.327. The predicted molar refractivity (Wildman–Crippen MR) is 51.1 cm³/mol. The second-order valence-electron chi connectivity index (χ2n) is 3.02. The number of nitrogens with zero attached hydrogens (tertiary/aromatic N) is 2. The van der Waals surface area contributed by atoms with Gasteiger partial charge in [-0.1, -0.05) is 6.07 Å². The Balaban J connectivity index is 2.57. The number of fused-ring (bicyclic) bond motifs is 1. The lowest BCUT2D eigenvalue weighted by molar-refractivity contribution is 1.07. The number of aromatic nitrogens is 2. The molecule has 1 N–H and O–H groups in total. The maximum absolute atomic E-state index is 6.72. The van der Waals surface area contributed by atoms with Crippen LogP contribution >= 0.6 is 0 Å². The summed E-state index contributed by atoms with van der Waals surface area (Å²) in [5.41, 5.74) is 3.15. The highest BCUT2D eigenvalue weighted by Crippen LogP contribution is 2.13. The van der Waals surface area contributed by atoms with Crippen LogP contribution in [0.1, 0.15) is 11.4 Å². The maximum atomic E-state index is 6.72. The zero-order chi connectivity index (χ0) is 9.26. The molecule has 1 aromatic carbocycles. The van der Waals surface area contributed by atoms with Gasteiger partial charge in [-0.25, -0.2) is 11.6 Å². The molecule has 0 fully saturated rings. The monoisotopic (exact) mass is 171 g/mol. The number of nitrogens with one attached hydrogen (secondary N) is 1. The summed E-state index contributed by atoms with van der Waals surface area (Å²) < 4.78 is 0. The van der Waals surface area contributed by atoms with Crippen molar-refractivity contribution in [1.29, 1.82) is 0 Å². The smallest absolute Gasteiger partial charge is 0.271 e. The van der Waals surface area contributed by atoms with E-state index < -0.39 is 0 Å². The van der Waals surface area contributed by atoms with Crippen LogP contribution in [-0.2, 0) is 6.54 Å². The average molecular weight is 171 g/mol. The van der Waals surface area contributed by atoms with E-state index in [1.54, 1.807) is 0 Å². The number of imidazole rings is 1. The second-order valence-corrected chi connectivity index (χ2v) is 3.02. The Kier molecular flexibility index (Phi) is 1.75. The summed E-state index contributed by atoms with van der Waals surface area (Å²) in [5, 5.41) is 0. The summed E-state index contributed by atoms with van der Waals surface area (Å²) in [6.45, 7) is 9.08. The fourth-order valence-corrected chi connectivity index (χ4v) is 1.33. The lowest BCUT2D eigenvalue weighted by Gasteiger charge is -1.89. The number of rotatable bonds is 1. The van der Waals surface area contributed by atoms with Gasteiger partial charge < -0.3 is 9.83 Å². The van der Waals surface area contributed by atoms with Crippen molar-refractivity contribution in [3.8, 4) is 0 Å². The molecule has 0 radical (unpaired) electrons. The predicted octanol–water partition coefficient (Wildman–Crippen LogP) is 2.29. The molecule has 0 bridgehead atoms. The molecule has 13 heavy (non-hydrogen) atoms. The third kappa shape index (κ3) is 1.38. The summed E-state index contributed by atoms with van der Waals surface area (Å²) >= 11 is 0. The Morgan fingerprint density at radius 1 is 1.54 bits per heavy atom. The molecular formula is C10H9N3. The van der Waals surface area contributed by atoms with Crippen molar-refractivity contribution in [2.24, 2.45) is 0 Å². The zero-order valence-corrected chi connectivity index (χ0v) is 7.33. The highest BCUT2D eigenvalue weighted by Gasteiger charge is 2.03. The molecule has 0 amide bonds. The molecule has 2 aromatic rings. The molecular weight excluding hydrogens is 162 g/mol. The van der Waals surface area contributed by atoms with Crippen LogP contribution < -0.4 is 0 Å². The molecule has 1 aromatic heterocycles. The minimum absolute atomic E-state index is 0.327. The molecule has 1 heterocycles. The van der Waals surface area contributed by atoms with Crippen LogP contribution in [0, 0.1) is 13.5 Å². The third-order valence-corrected chi connectivity index (χ3v) is 1.92. The van der Waals surface area contributed by atoms with E-state index in [-0.39, 0.29) is 0 Å². The molecule has 0 atom stereocenters. The van der Waals surface area contributed by atoms with Crippen molar-refractivity contribution in [2.75, 3.05) is 0 Å². The molecule has 0 spiro atoms. The highest BCUT2D eigenvalue weighted by molar-refractivity contribution is 5.75. The average Bonchev–Trinajstić information content (AvgIpc) is 2.46. The second kappa shape index (κ2) is 2.91. The van der Waals surface area contributed by atoms with Gasteiger partial charge in [-0.15, -0.1) is 0 Å². The minimum Gasteiger partial charge on any atom is -0.336 e. The SMILES string of the molecule is [C-]#[N+]Cc1nc2ccc(C)cc2[nH]1. The van der Waals surface area contributed by atoms with E-state index in [1.807, 2.05) is 25.1 Å². The first kappa shape index (κ1) is 7.81. The van der Waals surface area contributed by atoms with E-state index >= 15 is 0 Å². The van der Waals surface area contributed by atoms with Gasteiger partial charge >= 0.3 is 0 Å². The Labute approximate surface area is 76.2 Å². The summed E-state index contributed by atoms with van der Waals surface area (Å²) in [6, 6.07) is 6.02. The largest absolute Gasteiger partial charge is 0.336 e. The van der Waals surface area contributed by atoms with E-state index in [2.05, 4.69) is 14.8 Å². The van der Waals surface area contributed by atoms with Crippen LogP contribution in [0.15, 0.2) is 18.2 Å². The summed E-state index contributed by atoms with van der Waals surface area (Å²) in [7, 11) is 0. The van der Waals surface area contributed by atoms with Gasteiger partial charge in [-0.3, -0.25) is 0 Å². The molecule has 0 aliphatic carbocycles. The normalized spacial score (nSPS) is 10.2. The first-order chi connectivity index (χ1) is 6.29. The van der Waals surface area contributed by atoms with Gasteiger partial charge in [-0.05, 0) is 24.6 Å². The summed E-state index contributed by atoms with van der Waals surface area (Å²) in [5.74, 6) is 0.746. The topological polar surface area (TPSA) is 33.0 Å². The Morgan fingerprint density at radius 3 is 3.15 bits per heavy atom. The molecule has 0 saturated carbocycles. The third-order valence-electron chi connectivity index (χ3n) is 1.92. The van der Waals surface area contributed by atoms with E-state index in [1.165, 1.54) is 5.56 Å². The summed E-state index contributed by atoms with van der Waals surface area (Å²) in [6.07, 6.45) is 0. The number of aryl methyl sites for hydroxylation is 1. The van der Waals surface area contributed by atoms with Crippen LogP contribution in [0.25, 0.3) is 15.9 Å². The van der Waals surface area contributed by atoms with Crippen molar-refractivity contribution in [3.63, 3.8) is 0 Å². The fraction of sp³-hybridized carbons (Fsp3) is 0.200. The van der Waals surface area contributed by atoms with Crippen molar-refractivity contribution in [3.05, 3.63) is 41.0 Å². The zero-order valence-electron chi connectivity index (χ0n) is 7.33. The number of hydrogen-bond acceptors (Lipinski definition) is 1. The molecule has 0 saturated heterocycles. The quantitative estimate of drug-likeness (QED) is 0.656. The van der Waals surface area contributed by atoms with E-state index in [4.69, 9.17) is 6.57 Å². The van der Waals surface area contributed by atoms with E-state index in [9.17, 15) is 0 Å². The van der Waals surface area contributed by atoms with Gasteiger partial charge in [-0.2, -0.15) is 0 Å². The molecule has 3 heteroatoms. The van der Waals surface area contributed by atoms with Gasteiger partial charge in [0.1, 0.15) is 0 Å². The molecule has 2 rings (SSSR count). The van der Waals surface area contributed by atoms with Crippen molar-refractivity contribution in [1.82, 2.24) is 9.97 Å². The van der Waals surface area contributed by atoms with Crippen LogP contribution in [0.3, 0.4) is 0 Å². The van der Waals surface area contributed by atoms with Crippen LogP contribution in [0.5, 0.6) is 0 Å². The fourth-order valence-electron chi connectivity index (χ4n) is 1.33. The van der Waals surface area contributed by atoms with Crippen LogP contribution in [0.2, 0.25) is 0 Å². The van der Waals surface area contributed by atoms with Gasteiger partial charge in [0.25, 0.3) is 6.54 Å². The molecule has 0 unspecified atom stereocenters. The van der Waals surface area contributed by atoms with E-state index in [0.717, 1.165) is 16.9 Å². The number of H-pyrrole nitrogens is 1. The highest BCUT2D eigenvalue weighted by atomic mass is 14.9. The van der Waals surface area contributed by atoms with Gasteiger partial charge in [0.15, 0.2) is 5.82 Å². The van der Waals surface area contributed by atoms with Crippen LogP contribution in [0.4, 0.5) is 0 Å². The number of hydrogen-bond donors (Lipinski definition) is 1. The van der Waals surface area contributed by atoms with Crippen LogP contribution in [-0.4, -0.2) is 9.97 Å². The van der Waals surface area contributed by atoms with Gasteiger partial charge in [0.05, 0.1) is 11.0 Å². The standard InChI is InChI=1S/C10H9N3/c1-7-3-4-8-9(5-7)13-10(12-8)6-11-2/h3-5H,6H2,1H3,(H,12,13). The van der Waals surface area contributed by atoms with Gasteiger partial charge in [0, 0.05) is 0 Å². The Hall–Kier alpha value is -1.82. The first-order valence-electron chi connectivity index (χ1n) is 4.08. The molecule has 64 valence electrons. The molecule has 0 aliphatic heterocycles. The van der Waals surface area contributed by atoms with Crippen molar-refractivity contribution < 1.29 is 0 Å². The lowest BCUT2D eigenvalue weighted by Crippen LogP contribution is -1.79. The summed E-state index contributed by atoms with van der Waals surface area (Å²) in [4.78, 5) is 10.7. The molecule has 3 nitrogen and oxygen atoms in total. The lowest BCUT2D eigenvalue weighted by atomic mass is 10.2. The Morgan fingerprint density at radius 2 is 2.38 bits per heavy atom. The van der Waals surface area contributed by atoms with Gasteiger partial charge in [0.2, 0.25) is 0 Å². The Bertz CT molecular complexity index is 476. The van der Waals surface area contributed by atoms with E-state index in [0.29, 0.717) is 6.54 Å². The number of aromatic amines is 1. The first-order valence-corrected chi connectivity index (χ1v) is 4.08. The maximum Gasteiger partial charge on any atom is 0.271 e. The van der Waals surface area contributed by atoms with Crippen molar-refractivity contribution >= 4 is 11.0 Å². The van der Waals surface area contributed by atoms with Crippen molar-refractivity contribution in [2.45, 2.75) is 13.5 Å². The number of benzene rings is 1. The molecule has 0 aliphatic rings.